The third-order valence-corrected chi connectivity index (χ3v) is 5.86. The minimum absolute atomic E-state index is 0.0351. The van der Waals surface area contributed by atoms with E-state index in [-0.39, 0.29) is 24.3 Å². The first kappa shape index (κ1) is 26.3. The Kier molecular flexibility index (Phi) is 9.71. The molecule has 7 heteroatoms. The Bertz CT molecular complexity index is 1020. The number of methoxy groups -OCH3 is 2. The van der Waals surface area contributed by atoms with Gasteiger partial charge in [0.1, 0.15) is 12.6 Å². The summed E-state index contributed by atoms with van der Waals surface area (Å²) in [5, 5.41) is 5.58. The fraction of sp³-hybridized carbons (Fsp3) is 0.429. The quantitative estimate of drug-likeness (QED) is 0.306. The van der Waals surface area contributed by atoms with Crippen LogP contribution in [0.3, 0.4) is 0 Å². The van der Waals surface area contributed by atoms with Crippen molar-refractivity contribution in [2.75, 3.05) is 27.4 Å². The molecule has 0 radical (unpaired) electrons. The highest BCUT2D eigenvalue weighted by Crippen LogP contribution is 2.44. The van der Waals surface area contributed by atoms with Gasteiger partial charge in [-0.15, -0.1) is 0 Å². The Morgan fingerprint density at radius 1 is 0.971 bits per heavy atom. The van der Waals surface area contributed by atoms with E-state index >= 15 is 0 Å². The monoisotopic (exact) mass is 478 g/mol. The molecular weight excluding hydrogens is 444 g/mol. The van der Waals surface area contributed by atoms with E-state index in [0.29, 0.717) is 19.4 Å². The molecule has 0 saturated heterocycles. The number of benzene rings is 2. The highest BCUT2D eigenvalue weighted by atomic mass is 16.7. The van der Waals surface area contributed by atoms with Crippen molar-refractivity contribution in [1.29, 1.82) is 0 Å². The molecule has 186 valence electrons. The molecule has 2 amide bonds. The molecule has 2 aromatic rings. The Balaban J connectivity index is 1.55. The fourth-order valence-electron chi connectivity index (χ4n) is 4.23. The highest BCUT2D eigenvalue weighted by molar-refractivity contribution is 5.85. The first-order valence-corrected chi connectivity index (χ1v) is 11.9. The number of fused-ring (bicyclic) bond motifs is 3. The zero-order valence-electron chi connectivity index (χ0n) is 20.8. The Labute approximate surface area is 207 Å². The van der Waals surface area contributed by atoms with E-state index in [1.54, 1.807) is 0 Å². The molecule has 0 spiro atoms. The first-order valence-electron chi connectivity index (χ1n) is 11.9. The normalized spacial score (nSPS) is 13.0. The Morgan fingerprint density at radius 3 is 2.14 bits per heavy atom. The molecule has 0 aliphatic heterocycles. The second kappa shape index (κ2) is 12.9. The fourth-order valence-corrected chi connectivity index (χ4v) is 4.23. The summed E-state index contributed by atoms with van der Waals surface area (Å²) in [6.07, 6.45) is -0.254. The van der Waals surface area contributed by atoms with Crippen LogP contribution in [0.5, 0.6) is 0 Å². The zero-order valence-corrected chi connectivity index (χ0v) is 20.8. The number of carbonyl (C=O) groups excluding carboxylic acids is 2. The van der Waals surface area contributed by atoms with Gasteiger partial charge in [0.2, 0.25) is 12.2 Å². The second-order valence-electron chi connectivity index (χ2n) is 8.82. The molecule has 0 aromatic heterocycles. The molecule has 0 fully saturated rings. The van der Waals surface area contributed by atoms with E-state index in [4.69, 9.17) is 14.2 Å². The topological polar surface area (TPSA) is 85.9 Å². The van der Waals surface area contributed by atoms with Crippen LogP contribution in [-0.4, -0.2) is 51.7 Å². The molecule has 2 aromatic carbocycles. The van der Waals surface area contributed by atoms with Crippen molar-refractivity contribution < 1.29 is 23.8 Å². The van der Waals surface area contributed by atoms with Gasteiger partial charge in [-0.3, -0.25) is 4.79 Å². The van der Waals surface area contributed by atoms with Crippen molar-refractivity contribution in [2.45, 2.75) is 44.9 Å². The molecule has 0 saturated carbocycles. The molecule has 35 heavy (non-hydrogen) atoms. The zero-order chi connectivity index (χ0) is 25.2. The maximum atomic E-state index is 12.7. The summed E-state index contributed by atoms with van der Waals surface area (Å²) >= 11 is 0. The summed E-state index contributed by atoms with van der Waals surface area (Å²) in [7, 11) is 3.02. The van der Waals surface area contributed by atoms with Crippen molar-refractivity contribution in [2.24, 2.45) is 5.92 Å². The average Bonchev–Trinajstić information content (AvgIpc) is 3.18. The van der Waals surface area contributed by atoms with Gasteiger partial charge in [0, 0.05) is 33.1 Å². The van der Waals surface area contributed by atoms with Gasteiger partial charge in [-0.2, -0.15) is 0 Å². The van der Waals surface area contributed by atoms with E-state index in [1.807, 2.05) is 38.1 Å². The smallest absolute Gasteiger partial charge is 0.407 e. The summed E-state index contributed by atoms with van der Waals surface area (Å²) in [5.74, 6) is 5.63. The molecule has 1 aliphatic rings. The third kappa shape index (κ3) is 7.08. The van der Waals surface area contributed by atoms with Crippen molar-refractivity contribution in [3.8, 4) is 23.0 Å². The van der Waals surface area contributed by atoms with Crippen LogP contribution in [0.2, 0.25) is 0 Å². The van der Waals surface area contributed by atoms with Crippen LogP contribution in [0.15, 0.2) is 48.5 Å². The lowest BCUT2D eigenvalue weighted by Crippen LogP contribution is -2.48. The minimum atomic E-state index is -0.690. The molecule has 2 N–H and O–H groups in total. The minimum Gasteiger partial charge on any atom is -0.449 e. The number of ether oxygens (including phenoxy) is 3. The summed E-state index contributed by atoms with van der Waals surface area (Å²) in [4.78, 5) is 25.4. The SMILES string of the molecule is COC(C#CCCNC(=O)[C@H](CC(C)C)NC(=O)OCC1c2ccccc2-c2ccccc21)OC. The van der Waals surface area contributed by atoms with Gasteiger partial charge in [-0.05, 0) is 40.5 Å². The predicted octanol–water partition coefficient (Wildman–Crippen LogP) is 4.07. The van der Waals surface area contributed by atoms with Gasteiger partial charge in [0.15, 0.2) is 0 Å². The summed E-state index contributed by atoms with van der Waals surface area (Å²) in [6, 6.07) is 15.6. The van der Waals surface area contributed by atoms with Gasteiger partial charge in [0.05, 0.1) is 0 Å². The summed E-state index contributed by atoms with van der Waals surface area (Å²) in [6.45, 7) is 4.56. The molecule has 0 unspecified atom stereocenters. The standard InChI is InChI=1S/C28H34N2O5/c1-19(2)17-25(27(31)29-16-10-9-15-26(33-3)34-4)30-28(32)35-18-24-22-13-7-5-11-20(22)21-12-6-8-14-23(21)24/h5-8,11-14,19,24-26H,10,16-18H2,1-4H3,(H,29,31)(H,30,32)/t25-/m0/s1. The maximum absolute atomic E-state index is 12.7. The summed E-state index contributed by atoms with van der Waals surface area (Å²) < 4.78 is 15.6. The number of alkyl carbamates (subject to hydrolysis) is 1. The van der Waals surface area contributed by atoms with Gasteiger partial charge >= 0.3 is 6.09 Å². The Morgan fingerprint density at radius 2 is 1.57 bits per heavy atom. The van der Waals surface area contributed by atoms with Crippen LogP contribution in [0, 0.1) is 17.8 Å². The number of hydrogen-bond donors (Lipinski definition) is 2. The van der Waals surface area contributed by atoms with E-state index in [2.05, 4.69) is 46.7 Å². The van der Waals surface area contributed by atoms with Crippen LogP contribution in [0.1, 0.15) is 43.7 Å². The maximum Gasteiger partial charge on any atom is 0.407 e. The molecular formula is C28H34N2O5. The molecule has 1 atom stereocenters. The summed E-state index contributed by atoms with van der Waals surface area (Å²) in [5.41, 5.74) is 4.62. The lowest BCUT2D eigenvalue weighted by atomic mass is 9.98. The molecule has 3 rings (SSSR count). The highest BCUT2D eigenvalue weighted by Gasteiger charge is 2.29. The van der Waals surface area contributed by atoms with Crippen LogP contribution >= 0.6 is 0 Å². The van der Waals surface area contributed by atoms with E-state index < -0.39 is 18.4 Å². The number of hydrogen-bond acceptors (Lipinski definition) is 5. The van der Waals surface area contributed by atoms with Crippen molar-refractivity contribution in [3.63, 3.8) is 0 Å². The predicted molar refractivity (Wildman–Crippen MR) is 135 cm³/mol. The van der Waals surface area contributed by atoms with Gasteiger partial charge in [0.25, 0.3) is 0 Å². The lowest BCUT2D eigenvalue weighted by Gasteiger charge is -2.21. The van der Waals surface area contributed by atoms with Gasteiger partial charge in [-0.25, -0.2) is 4.79 Å². The van der Waals surface area contributed by atoms with Crippen LogP contribution in [0.4, 0.5) is 4.79 Å². The molecule has 1 aliphatic carbocycles. The number of rotatable bonds is 10. The van der Waals surface area contributed by atoms with Crippen molar-refractivity contribution in [3.05, 3.63) is 59.7 Å². The van der Waals surface area contributed by atoms with E-state index in [1.165, 1.54) is 25.3 Å². The van der Waals surface area contributed by atoms with Gasteiger partial charge in [-0.1, -0.05) is 68.3 Å². The van der Waals surface area contributed by atoms with Crippen LogP contribution in [0.25, 0.3) is 11.1 Å². The molecule has 0 heterocycles. The van der Waals surface area contributed by atoms with E-state index in [0.717, 1.165) is 11.1 Å². The van der Waals surface area contributed by atoms with Crippen molar-refractivity contribution >= 4 is 12.0 Å². The average molecular weight is 479 g/mol. The van der Waals surface area contributed by atoms with Crippen LogP contribution < -0.4 is 10.6 Å². The lowest BCUT2D eigenvalue weighted by molar-refractivity contribution is -0.123. The van der Waals surface area contributed by atoms with Crippen LogP contribution in [-0.2, 0) is 19.0 Å². The van der Waals surface area contributed by atoms with Crippen molar-refractivity contribution in [1.82, 2.24) is 10.6 Å². The third-order valence-electron chi connectivity index (χ3n) is 5.86. The van der Waals surface area contributed by atoms with E-state index in [9.17, 15) is 9.59 Å². The second-order valence-corrected chi connectivity index (χ2v) is 8.82. The molecule has 0 bridgehead atoms. The number of carbonyl (C=O) groups is 2. The largest absolute Gasteiger partial charge is 0.449 e. The Hall–Kier alpha value is -3.34. The van der Waals surface area contributed by atoms with Gasteiger partial charge < -0.3 is 24.8 Å². The number of nitrogens with one attached hydrogen (secondary N) is 2. The number of amides is 2. The molecule has 7 nitrogen and oxygen atoms in total. The first-order chi connectivity index (χ1) is 16.9.